The van der Waals surface area contributed by atoms with Crippen LogP contribution in [0, 0.1) is 5.92 Å². The van der Waals surface area contributed by atoms with Gasteiger partial charge >= 0.3 is 0 Å². The monoisotopic (exact) mass is 438 g/mol. The van der Waals surface area contributed by atoms with Crippen LogP contribution in [0.15, 0.2) is 29.4 Å². The van der Waals surface area contributed by atoms with E-state index in [9.17, 15) is 18.3 Å². The number of rotatable bonds is 6. The van der Waals surface area contributed by atoms with E-state index >= 15 is 0 Å². The number of sulfonamides is 1. The molecule has 9 heteroatoms. The van der Waals surface area contributed by atoms with Crippen molar-refractivity contribution in [2.45, 2.75) is 87.5 Å². The molecule has 0 aromatic carbocycles. The molecule has 1 aromatic heterocycles. The smallest absolute Gasteiger partial charge is 0.260 e. The van der Waals surface area contributed by atoms with Crippen molar-refractivity contribution in [3.63, 3.8) is 0 Å². The van der Waals surface area contributed by atoms with Crippen molar-refractivity contribution in [3.05, 3.63) is 24.4 Å². The molecule has 1 aliphatic carbocycles. The Morgan fingerprint density at radius 1 is 1.27 bits per heavy atom. The summed E-state index contributed by atoms with van der Waals surface area (Å²) in [6.07, 6.45) is 7.95. The zero-order valence-corrected chi connectivity index (χ0v) is 18.4. The maximum absolute atomic E-state index is 13.0. The first kappa shape index (κ1) is 23.1. The van der Waals surface area contributed by atoms with Crippen molar-refractivity contribution in [2.75, 3.05) is 6.54 Å². The van der Waals surface area contributed by atoms with Gasteiger partial charge in [-0.2, -0.15) is 4.31 Å². The van der Waals surface area contributed by atoms with Gasteiger partial charge in [-0.15, -0.1) is 0 Å². The minimum absolute atomic E-state index is 0.0407. The number of carbonyl (C=O) groups excluding carboxylic acids is 1. The second-order valence-electron chi connectivity index (χ2n) is 8.70. The predicted octanol–water partition coefficient (Wildman–Crippen LogP) is 1.40. The van der Waals surface area contributed by atoms with Gasteiger partial charge in [-0.3, -0.25) is 4.79 Å². The van der Waals surface area contributed by atoms with Crippen LogP contribution in [0.2, 0.25) is 0 Å². The molecule has 8 nitrogen and oxygen atoms in total. The maximum Gasteiger partial charge on any atom is 0.260 e. The molecule has 4 N–H and O–H groups in total. The summed E-state index contributed by atoms with van der Waals surface area (Å²) < 4.78 is 27.3. The molecule has 1 aromatic rings. The normalized spacial score (nSPS) is 27.9. The fraction of sp³-hybridized carbons (Fsp3) is 0.714. The van der Waals surface area contributed by atoms with Crippen LogP contribution in [0.25, 0.3) is 0 Å². The van der Waals surface area contributed by atoms with E-state index in [1.165, 1.54) is 35.8 Å². The van der Waals surface area contributed by atoms with Gasteiger partial charge in [0.25, 0.3) is 10.0 Å². The van der Waals surface area contributed by atoms with Gasteiger partial charge in [0.15, 0.2) is 5.03 Å². The molecule has 1 amide bonds. The van der Waals surface area contributed by atoms with Crippen molar-refractivity contribution >= 4 is 15.9 Å². The van der Waals surface area contributed by atoms with Gasteiger partial charge < -0.3 is 16.2 Å². The average Bonchev–Trinajstić information content (AvgIpc) is 2.89. The van der Waals surface area contributed by atoms with E-state index in [2.05, 4.69) is 10.3 Å². The molecular formula is C21H34N4O4S. The average molecular weight is 439 g/mol. The third kappa shape index (κ3) is 5.57. The standard InChI is InChI=1S/C21H34N4O4S/c1-15-10-11-18(24-21(27)17(22)13-16-7-3-2-4-8-16)19(26)14-25(15)30(28,29)20-9-5-6-12-23-20/h5-6,9,12,15-19,26H,2-4,7-8,10-11,13-14,22H2,1H3,(H,24,27)/t15-,17?,18+,19+/m1/s1. The lowest BCUT2D eigenvalue weighted by atomic mass is 9.85. The Kier molecular flexibility index (Phi) is 7.84. The molecule has 1 aliphatic heterocycles. The predicted molar refractivity (Wildman–Crippen MR) is 114 cm³/mol. The van der Waals surface area contributed by atoms with E-state index in [1.54, 1.807) is 12.1 Å². The van der Waals surface area contributed by atoms with Crippen LogP contribution in [0.4, 0.5) is 0 Å². The quantitative estimate of drug-likeness (QED) is 0.616. The fourth-order valence-electron chi connectivity index (χ4n) is 4.55. The van der Waals surface area contributed by atoms with Gasteiger partial charge in [-0.1, -0.05) is 38.2 Å². The number of nitrogens with zero attached hydrogens (tertiary/aromatic N) is 2. The number of aliphatic hydroxyl groups is 1. The van der Waals surface area contributed by atoms with E-state index in [4.69, 9.17) is 5.73 Å². The lowest BCUT2D eigenvalue weighted by molar-refractivity contribution is -0.124. The Bertz CT molecular complexity index is 798. The van der Waals surface area contributed by atoms with Gasteiger partial charge in [0.1, 0.15) is 0 Å². The number of hydrogen-bond acceptors (Lipinski definition) is 6. The van der Waals surface area contributed by atoms with Crippen molar-refractivity contribution in [2.24, 2.45) is 11.7 Å². The highest BCUT2D eigenvalue weighted by Crippen LogP contribution is 2.27. The van der Waals surface area contributed by atoms with Crippen LogP contribution >= 0.6 is 0 Å². The molecular weight excluding hydrogens is 404 g/mol. The SMILES string of the molecule is C[C@@H]1CC[C@H](NC(=O)C(N)CC2CCCCC2)[C@@H](O)CN1S(=O)(=O)c1ccccn1. The van der Waals surface area contributed by atoms with Crippen LogP contribution in [0.3, 0.4) is 0 Å². The van der Waals surface area contributed by atoms with Crippen LogP contribution in [-0.4, -0.2) is 59.5 Å². The molecule has 2 heterocycles. The molecule has 0 radical (unpaired) electrons. The van der Waals surface area contributed by atoms with E-state index in [-0.39, 0.29) is 23.5 Å². The van der Waals surface area contributed by atoms with Crippen LogP contribution < -0.4 is 11.1 Å². The fourth-order valence-corrected chi connectivity index (χ4v) is 6.16. The number of pyridine rings is 1. The Labute approximate surface area is 179 Å². The first-order chi connectivity index (χ1) is 14.3. The Balaban J connectivity index is 1.62. The van der Waals surface area contributed by atoms with E-state index < -0.39 is 28.2 Å². The summed E-state index contributed by atoms with van der Waals surface area (Å²) in [6.45, 7) is 1.72. The highest BCUT2D eigenvalue weighted by molar-refractivity contribution is 7.89. The summed E-state index contributed by atoms with van der Waals surface area (Å²) in [5.41, 5.74) is 6.14. The molecule has 2 fully saturated rings. The highest BCUT2D eigenvalue weighted by Gasteiger charge is 2.38. The minimum atomic E-state index is -3.83. The molecule has 0 bridgehead atoms. The van der Waals surface area contributed by atoms with Crippen molar-refractivity contribution in [1.82, 2.24) is 14.6 Å². The summed E-state index contributed by atoms with van der Waals surface area (Å²) in [5.74, 6) is 0.218. The summed E-state index contributed by atoms with van der Waals surface area (Å²) in [7, 11) is -3.83. The summed E-state index contributed by atoms with van der Waals surface area (Å²) in [6, 6.07) is 3.28. The van der Waals surface area contributed by atoms with Crippen LogP contribution in [-0.2, 0) is 14.8 Å². The first-order valence-corrected chi connectivity index (χ1v) is 12.4. The van der Waals surface area contributed by atoms with Crippen LogP contribution in [0.5, 0.6) is 0 Å². The molecule has 30 heavy (non-hydrogen) atoms. The second kappa shape index (κ2) is 10.2. The van der Waals surface area contributed by atoms with Gasteiger partial charge in [-0.25, -0.2) is 13.4 Å². The topological polar surface area (TPSA) is 126 Å². The van der Waals surface area contributed by atoms with Gasteiger partial charge in [0.05, 0.1) is 18.2 Å². The lowest BCUT2D eigenvalue weighted by Crippen LogP contribution is -2.52. The number of aromatic nitrogens is 1. The molecule has 2 aliphatic rings. The number of hydrogen-bond donors (Lipinski definition) is 3. The van der Waals surface area contributed by atoms with E-state index in [0.717, 1.165) is 12.8 Å². The summed E-state index contributed by atoms with van der Waals surface area (Å²) in [4.78, 5) is 16.6. The summed E-state index contributed by atoms with van der Waals surface area (Å²) in [5, 5.41) is 13.6. The Morgan fingerprint density at radius 2 is 2.00 bits per heavy atom. The maximum atomic E-state index is 13.0. The van der Waals surface area contributed by atoms with Crippen LogP contribution in [0.1, 0.15) is 58.3 Å². The zero-order chi connectivity index (χ0) is 21.7. The molecule has 3 rings (SSSR count). The number of amides is 1. The first-order valence-electron chi connectivity index (χ1n) is 11.0. The van der Waals surface area contributed by atoms with Gasteiger partial charge in [0, 0.05) is 18.8 Å². The van der Waals surface area contributed by atoms with Crippen molar-refractivity contribution < 1.29 is 18.3 Å². The highest BCUT2D eigenvalue weighted by atomic mass is 32.2. The molecule has 1 saturated carbocycles. The minimum Gasteiger partial charge on any atom is -0.390 e. The third-order valence-corrected chi connectivity index (χ3v) is 8.30. The molecule has 4 atom stereocenters. The number of nitrogens with two attached hydrogens (primary N) is 1. The number of nitrogens with one attached hydrogen (secondary N) is 1. The largest absolute Gasteiger partial charge is 0.390 e. The molecule has 0 spiro atoms. The zero-order valence-electron chi connectivity index (χ0n) is 17.6. The molecule has 1 saturated heterocycles. The van der Waals surface area contributed by atoms with Gasteiger partial charge in [-0.05, 0) is 44.2 Å². The summed E-state index contributed by atoms with van der Waals surface area (Å²) >= 11 is 0. The Morgan fingerprint density at radius 3 is 2.67 bits per heavy atom. The number of β-amino-alcohol motifs (C(OH)–C–C–N with tert-alkyl or cyclic N) is 1. The molecule has 168 valence electrons. The molecule has 1 unspecified atom stereocenters. The number of aliphatic hydroxyl groups excluding tert-OH is 1. The second-order valence-corrected chi connectivity index (χ2v) is 10.5. The lowest BCUT2D eigenvalue weighted by Gasteiger charge is -2.28. The van der Waals surface area contributed by atoms with Crippen molar-refractivity contribution in [1.29, 1.82) is 0 Å². The number of carbonyl (C=O) groups is 1. The van der Waals surface area contributed by atoms with E-state index in [0.29, 0.717) is 25.2 Å². The van der Waals surface area contributed by atoms with Gasteiger partial charge in [0.2, 0.25) is 5.91 Å². The van der Waals surface area contributed by atoms with Crippen molar-refractivity contribution in [3.8, 4) is 0 Å². The third-order valence-electron chi connectivity index (χ3n) is 6.41. The van der Waals surface area contributed by atoms with E-state index in [1.807, 2.05) is 6.92 Å². The Hall–Kier alpha value is -1.55.